The number of hydrogen-bond acceptors (Lipinski definition) is 1. The highest BCUT2D eigenvalue weighted by Gasteiger charge is 2.43. The largest absolute Gasteiger partial charge is 0.299 e. The van der Waals surface area contributed by atoms with Crippen molar-refractivity contribution in [3.05, 3.63) is 0 Å². The van der Waals surface area contributed by atoms with Crippen molar-refractivity contribution < 1.29 is 4.79 Å². The summed E-state index contributed by atoms with van der Waals surface area (Å²) in [7, 11) is 0. The molecule has 0 N–H and O–H groups in total. The van der Waals surface area contributed by atoms with Gasteiger partial charge in [-0.1, -0.05) is 59.8 Å². The van der Waals surface area contributed by atoms with Crippen LogP contribution in [0.5, 0.6) is 0 Å². The van der Waals surface area contributed by atoms with E-state index in [1.54, 1.807) is 0 Å². The van der Waals surface area contributed by atoms with Crippen molar-refractivity contribution in [2.45, 2.75) is 85.5 Å². The molecule has 20 heavy (non-hydrogen) atoms. The van der Waals surface area contributed by atoms with E-state index in [1.807, 2.05) is 0 Å². The molecule has 1 heteroatoms. The van der Waals surface area contributed by atoms with Crippen LogP contribution >= 0.6 is 0 Å². The Bertz CT molecular complexity index is 325. The molecule has 0 aromatic heterocycles. The van der Waals surface area contributed by atoms with Crippen LogP contribution in [-0.4, -0.2) is 5.78 Å². The molecular formula is C19H34O. The third-order valence-electron chi connectivity index (χ3n) is 6.37. The zero-order chi connectivity index (χ0) is 14.8. The number of ketones is 1. The summed E-state index contributed by atoms with van der Waals surface area (Å²) in [4.78, 5) is 13.2. The van der Waals surface area contributed by atoms with Crippen LogP contribution in [0.15, 0.2) is 0 Å². The van der Waals surface area contributed by atoms with Crippen molar-refractivity contribution in [3.8, 4) is 0 Å². The third kappa shape index (κ3) is 3.28. The molecular weight excluding hydrogens is 244 g/mol. The van der Waals surface area contributed by atoms with Crippen LogP contribution in [0.25, 0.3) is 0 Å². The summed E-state index contributed by atoms with van der Waals surface area (Å²) in [5.74, 6) is 3.06. The van der Waals surface area contributed by atoms with E-state index >= 15 is 0 Å². The second-order valence-electron chi connectivity index (χ2n) is 8.11. The van der Waals surface area contributed by atoms with E-state index < -0.39 is 0 Å². The van der Waals surface area contributed by atoms with Crippen LogP contribution in [0.3, 0.4) is 0 Å². The lowest BCUT2D eigenvalue weighted by molar-refractivity contribution is -0.138. The maximum Gasteiger partial charge on any atom is 0.142 e. The highest BCUT2D eigenvalue weighted by atomic mass is 16.1. The maximum atomic E-state index is 13.2. The molecule has 0 aliphatic heterocycles. The lowest BCUT2D eigenvalue weighted by Crippen LogP contribution is -2.42. The fraction of sp³-hybridized carbons (Fsp3) is 0.947. The van der Waals surface area contributed by atoms with Crippen molar-refractivity contribution in [1.82, 2.24) is 0 Å². The van der Waals surface area contributed by atoms with Gasteiger partial charge in [0.2, 0.25) is 0 Å². The van der Waals surface area contributed by atoms with Gasteiger partial charge < -0.3 is 0 Å². The molecule has 2 saturated carbocycles. The van der Waals surface area contributed by atoms with Crippen LogP contribution in [0.2, 0.25) is 0 Å². The summed E-state index contributed by atoms with van der Waals surface area (Å²) in [6.45, 7) is 9.12. The molecule has 0 bridgehead atoms. The van der Waals surface area contributed by atoms with Crippen LogP contribution in [0.1, 0.15) is 85.5 Å². The number of rotatable bonds is 4. The first-order chi connectivity index (χ1) is 9.46. The lowest BCUT2D eigenvalue weighted by Gasteiger charge is -2.42. The Morgan fingerprint density at radius 2 is 1.70 bits per heavy atom. The quantitative estimate of drug-likeness (QED) is 0.652. The smallest absolute Gasteiger partial charge is 0.142 e. The minimum Gasteiger partial charge on any atom is -0.299 e. The van der Waals surface area contributed by atoms with E-state index in [0.717, 1.165) is 12.3 Å². The summed E-state index contributed by atoms with van der Waals surface area (Å²) < 4.78 is 0. The first-order valence-electron chi connectivity index (χ1n) is 9.01. The van der Waals surface area contributed by atoms with Gasteiger partial charge in [0.15, 0.2) is 0 Å². The third-order valence-corrected chi connectivity index (χ3v) is 6.37. The van der Waals surface area contributed by atoms with E-state index in [0.29, 0.717) is 23.5 Å². The summed E-state index contributed by atoms with van der Waals surface area (Å²) in [6, 6.07) is 0. The van der Waals surface area contributed by atoms with Crippen molar-refractivity contribution in [3.63, 3.8) is 0 Å². The highest BCUT2D eigenvalue weighted by molar-refractivity contribution is 5.87. The molecule has 0 aromatic carbocycles. The molecule has 0 spiro atoms. The highest BCUT2D eigenvalue weighted by Crippen LogP contribution is 2.45. The average molecular weight is 278 g/mol. The topological polar surface area (TPSA) is 17.1 Å². The van der Waals surface area contributed by atoms with Crippen LogP contribution < -0.4 is 0 Å². The monoisotopic (exact) mass is 278 g/mol. The number of Topliss-reactive ketones (excluding diaryl/α,β-unsaturated/α-hetero) is 1. The molecule has 0 aromatic rings. The zero-order valence-electron chi connectivity index (χ0n) is 14.1. The lowest BCUT2D eigenvalue weighted by atomic mass is 9.61. The molecule has 2 aliphatic rings. The van der Waals surface area contributed by atoms with Crippen LogP contribution in [0, 0.1) is 29.1 Å². The minimum atomic E-state index is -0.0842. The fourth-order valence-electron chi connectivity index (χ4n) is 4.80. The number of carbonyl (C=O) groups is 1. The van der Waals surface area contributed by atoms with Crippen molar-refractivity contribution in [2.75, 3.05) is 0 Å². The predicted octanol–water partition coefficient (Wildman–Crippen LogP) is 5.62. The second-order valence-corrected chi connectivity index (χ2v) is 8.11. The Morgan fingerprint density at radius 3 is 2.30 bits per heavy atom. The fourth-order valence-corrected chi connectivity index (χ4v) is 4.80. The standard InChI is InChI=1S/C19H34O/c1-5-15-13-14(2)11-12-17(15)18(20)19(3,4)16-9-7-6-8-10-16/h14-17H,5-13H2,1-4H3. The Hall–Kier alpha value is -0.330. The molecule has 3 unspecified atom stereocenters. The van der Waals surface area contributed by atoms with E-state index in [4.69, 9.17) is 0 Å². The first-order valence-corrected chi connectivity index (χ1v) is 9.01. The SMILES string of the molecule is CCC1CC(C)CCC1C(=O)C(C)(C)C1CCCCC1. The minimum absolute atomic E-state index is 0.0842. The molecule has 2 aliphatic carbocycles. The Labute approximate surface area is 125 Å². The van der Waals surface area contributed by atoms with Crippen molar-refractivity contribution >= 4 is 5.78 Å². The van der Waals surface area contributed by atoms with E-state index in [9.17, 15) is 4.79 Å². The van der Waals surface area contributed by atoms with E-state index in [2.05, 4.69) is 27.7 Å². The normalized spacial score (nSPS) is 33.1. The average Bonchev–Trinajstić information content (AvgIpc) is 2.47. The maximum absolute atomic E-state index is 13.2. The molecule has 2 fully saturated rings. The predicted molar refractivity (Wildman–Crippen MR) is 85.6 cm³/mol. The van der Waals surface area contributed by atoms with Gasteiger partial charge in [0.05, 0.1) is 0 Å². The van der Waals surface area contributed by atoms with E-state index in [1.165, 1.54) is 51.4 Å². The Balaban J connectivity index is 2.07. The van der Waals surface area contributed by atoms with Gasteiger partial charge in [-0.25, -0.2) is 0 Å². The van der Waals surface area contributed by atoms with Gasteiger partial charge in [-0.3, -0.25) is 4.79 Å². The molecule has 0 radical (unpaired) electrons. The molecule has 2 rings (SSSR count). The van der Waals surface area contributed by atoms with Crippen LogP contribution in [-0.2, 0) is 4.79 Å². The summed E-state index contributed by atoms with van der Waals surface area (Å²) in [6.07, 6.45) is 11.5. The van der Waals surface area contributed by atoms with Gasteiger partial charge >= 0.3 is 0 Å². The molecule has 3 atom stereocenters. The zero-order valence-corrected chi connectivity index (χ0v) is 14.1. The molecule has 116 valence electrons. The molecule has 1 nitrogen and oxygen atoms in total. The summed E-state index contributed by atoms with van der Waals surface area (Å²) in [5.41, 5.74) is -0.0842. The number of carbonyl (C=O) groups excluding carboxylic acids is 1. The van der Waals surface area contributed by atoms with Gasteiger partial charge in [-0.2, -0.15) is 0 Å². The summed E-state index contributed by atoms with van der Waals surface area (Å²) >= 11 is 0. The Kier molecular flexibility index (Phi) is 5.31. The Morgan fingerprint density at radius 1 is 1.05 bits per heavy atom. The summed E-state index contributed by atoms with van der Waals surface area (Å²) in [5, 5.41) is 0. The number of hydrogen-bond donors (Lipinski definition) is 0. The van der Waals surface area contributed by atoms with Gasteiger partial charge in [0, 0.05) is 11.3 Å². The molecule has 0 amide bonds. The first kappa shape index (κ1) is 16.0. The molecule has 0 saturated heterocycles. The van der Waals surface area contributed by atoms with Gasteiger partial charge in [-0.05, 0) is 43.4 Å². The van der Waals surface area contributed by atoms with Gasteiger partial charge in [-0.15, -0.1) is 0 Å². The van der Waals surface area contributed by atoms with Crippen molar-refractivity contribution in [2.24, 2.45) is 29.1 Å². The van der Waals surface area contributed by atoms with Gasteiger partial charge in [0.25, 0.3) is 0 Å². The van der Waals surface area contributed by atoms with Crippen molar-refractivity contribution in [1.29, 1.82) is 0 Å². The van der Waals surface area contributed by atoms with E-state index in [-0.39, 0.29) is 5.41 Å². The van der Waals surface area contributed by atoms with Crippen LogP contribution in [0.4, 0.5) is 0 Å². The molecule has 0 heterocycles. The van der Waals surface area contributed by atoms with Gasteiger partial charge in [0.1, 0.15) is 5.78 Å². The second kappa shape index (κ2) is 6.62.